The second kappa shape index (κ2) is 5.49. The molecule has 0 aromatic heterocycles. The van der Waals surface area contributed by atoms with E-state index in [-0.39, 0.29) is 0 Å². The molecule has 3 heteroatoms. The summed E-state index contributed by atoms with van der Waals surface area (Å²) in [5.41, 5.74) is 5.26. The van der Waals surface area contributed by atoms with Crippen LogP contribution in [0.2, 0.25) is 0 Å². The molecule has 2 aliphatic rings. The zero-order chi connectivity index (χ0) is 13.1. The van der Waals surface area contributed by atoms with E-state index in [0.29, 0.717) is 0 Å². The molecule has 2 N–H and O–H groups in total. The van der Waals surface area contributed by atoms with Crippen molar-refractivity contribution in [2.75, 3.05) is 37.6 Å². The molecule has 0 bridgehead atoms. The Kier molecular flexibility index (Phi) is 3.56. The minimum absolute atomic E-state index is 0.961. The van der Waals surface area contributed by atoms with E-state index in [1.54, 1.807) is 0 Å². The molecule has 0 spiro atoms. The van der Waals surface area contributed by atoms with E-state index in [1.165, 1.54) is 22.4 Å². The molecule has 0 saturated carbocycles. The molecule has 0 amide bonds. The monoisotopic (exact) mass is 255 g/mol. The third kappa shape index (κ3) is 2.82. The highest BCUT2D eigenvalue weighted by molar-refractivity contribution is 5.76. The van der Waals surface area contributed by atoms with Crippen LogP contribution in [0.1, 0.15) is 12.5 Å². The molecular weight excluding hydrogens is 234 g/mol. The van der Waals surface area contributed by atoms with Crippen molar-refractivity contribution >= 4 is 11.3 Å². The highest BCUT2D eigenvalue weighted by Gasteiger charge is 2.10. The van der Waals surface area contributed by atoms with Crippen molar-refractivity contribution in [3.8, 4) is 0 Å². The van der Waals surface area contributed by atoms with Gasteiger partial charge in [0.05, 0.1) is 0 Å². The van der Waals surface area contributed by atoms with Gasteiger partial charge in [-0.3, -0.25) is 0 Å². The summed E-state index contributed by atoms with van der Waals surface area (Å²) >= 11 is 0. The highest BCUT2D eigenvalue weighted by atomic mass is 15.2. The number of nitrogens with one attached hydrogen (secondary N) is 2. The number of nitrogens with zero attached hydrogens (tertiary/aromatic N) is 1. The average Bonchev–Trinajstić information content (AvgIpc) is 2.48. The molecule has 0 unspecified atom stereocenters. The van der Waals surface area contributed by atoms with Gasteiger partial charge in [0, 0.05) is 44.6 Å². The maximum atomic E-state index is 3.39. The van der Waals surface area contributed by atoms with Crippen LogP contribution in [-0.2, 0) is 0 Å². The van der Waals surface area contributed by atoms with Gasteiger partial charge in [-0.15, -0.1) is 0 Å². The third-order valence-electron chi connectivity index (χ3n) is 3.72. The van der Waals surface area contributed by atoms with Crippen molar-refractivity contribution in [1.82, 2.24) is 10.6 Å². The fourth-order valence-electron chi connectivity index (χ4n) is 2.63. The Hall–Kier alpha value is -1.74. The summed E-state index contributed by atoms with van der Waals surface area (Å²) in [6, 6.07) is 8.92. The van der Waals surface area contributed by atoms with Gasteiger partial charge in [-0.05, 0) is 30.2 Å². The van der Waals surface area contributed by atoms with Crippen LogP contribution in [0.25, 0.3) is 5.57 Å². The first-order chi connectivity index (χ1) is 9.33. The molecule has 1 saturated heterocycles. The van der Waals surface area contributed by atoms with E-state index in [1.807, 2.05) is 0 Å². The predicted molar refractivity (Wildman–Crippen MR) is 81.3 cm³/mol. The van der Waals surface area contributed by atoms with Crippen LogP contribution in [-0.4, -0.2) is 32.7 Å². The van der Waals surface area contributed by atoms with E-state index in [4.69, 9.17) is 0 Å². The van der Waals surface area contributed by atoms with E-state index < -0.39 is 0 Å². The number of rotatable bonds is 2. The van der Waals surface area contributed by atoms with E-state index in [9.17, 15) is 0 Å². The first-order valence-corrected chi connectivity index (χ1v) is 7.00. The fraction of sp³-hybridized carbons (Fsp3) is 0.375. The molecule has 0 atom stereocenters. The number of piperazine rings is 1. The summed E-state index contributed by atoms with van der Waals surface area (Å²) in [5, 5.41) is 6.70. The van der Waals surface area contributed by atoms with Crippen molar-refractivity contribution in [2.45, 2.75) is 6.92 Å². The zero-order valence-corrected chi connectivity index (χ0v) is 11.4. The van der Waals surface area contributed by atoms with Crippen molar-refractivity contribution in [3.05, 3.63) is 47.7 Å². The normalized spacial score (nSPS) is 19.5. The molecule has 2 heterocycles. The third-order valence-corrected chi connectivity index (χ3v) is 3.72. The Labute approximate surface area is 115 Å². The van der Waals surface area contributed by atoms with Gasteiger partial charge in [0.1, 0.15) is 0 Å². The lowest BCUT2D eigenvalue weighted by Gasteiger charge is -2.29. The number of benzene rings is 1. The number of dihydropyridines is 1. The number of hydrogen-bond acceptors (Lipinski definition) is 3. The van der Waals surface area contributed by atoms with Crippen LogP contribution >= 0.6 is 0 Å². The molecule has 100 valence electrons. The summed E-state index contributed by atoms with van der Waals surface area (Å²) in [6.07, 6.45) is 4.36. The Morgan fingerprint density at radius 1 is 1.05 bits per heavy atom. The topological polar surface area (TPSA) is 27.3 Å². The molecule has 0 radical (unpaired) electrons. The number of hydrogen-bond donors (Lipinski definition) is 2. The summed E-state index contributed by atoms with van der Waals surface area (Å²) in [7, 11) is 0. The number of allylic oxidation sites excluding steroid dienone is 2. The minimum Gasteiger partial charge on any atom is -0.387 e. The van der Waals surface area contributed by atoms with E-state index in [0.717, 1.165) is 32.7 Å². The highest BCUT2D eigenvalue weighted by Crippen LogP contribution is 2.23. The van der Waals surface area contributed by atoms with Crippen molar-refractivity contribution in [3.63, 3.8) is 0 Å². The summed E-state index contributed by atoms with van der Waals surface area (Å²) in [4.78, 5) is 2.44. The average molecular weight is 255 g/mol. The van der Waals surface area contributed by atoms with Crippen LogP contribution in [0.15, 0.2) is 42.1 Å². The van der Waals surface area contributed by atoms with Gasteiger partial charge in [-0.25, -0.2) is 0 Å². The predicted octanol–water partition coefficient (Wildman–Crippen LogP) is 1.99. The first kappa shape index (κ1) is 12.3. The van der Waals surface area contributed by atoms with Crippen LogP contribution in [0, 0.1) is 0 Å². The van der Waals surface area contributed by atoms with Gasteiger partial charge < -0.3 is 15.5 Å². The smallest absolute Gasteiger partial charge is 0.0367 e. The van der Waals surface area contributed by atoms with Gasteiger partial charge in [-0.2, -0.15) is 0 Å². The first-order valence-electron chi connectivity index (χ1n) is 7.00. The Balaban J connectivity index is 1.77. The number of anilines is 1. The fourth-order valence-corrected chi connectivity index (χ4v) is 2.63. The van der Waals surface area contributed by atoms with Crippen LogP contribution in [0.4, 0.5) is 5.69 Å². The molecule has 1 fully saturated rings. The maximum Gasteiger partial charge on any atom is 0.0367 e. The molecule has 0 aliphatic carbocycles. The van der Waals surface area contributed by atoms with Gasteiger partial charge in [0.15, 0.2) is 0 Å². The van der Waals surface area contributed by atoms with E-state index >= 15 is 0 Å². The molecule has 19 heavy (non-hydrogen) atoms. The Bertz CT molecular complexity index is 493. The van der Waals surface area contributed by atoms with Crippen molar-refractivity contribution in [2.24, 2.45) is 0 Å². The second-order valence-electron chi connectivity index (χ2n) is 5.26. The molecule has 3 rings (SSSR count). The second-order valence-corrected chi connectivity index (χ2v) is 5.26. The van der Waals surface area contributed by atoms with Gasteiger partial charge in [-0.1, -0.05) is 23.8 Å². The van der Waals surface area contributed by atoms with Gasteiger partial charge in [0.2, 0.25) is 0 Å². The Morgan fingerprint density at radius 2 is 1.79 bits per heavy atom. The standard InChI is InChI=1S/C16H21N3/c1-13-10-15(12-18-11-13)14-2-4-16(5-3-14)19-8-6-17-7-9-19/h2-5,10,12,17-18H,6-9,11H2,1H3. The van der Waals surface area contributed by atoms with E-state index in [2.05, 4.69) is 59.0 Å². The summed E-state index contributed by atoms with van der Waals surface area (Å²) in [6.45, 7) is 7.49. The lowest BCUT2D eigenvalue weighted by molar-refractivity contribution is 0.589. The Morgan fingerprint density at radius 3 is 2.47 bits per heavy atom. The van der Waals surface area contributed by atoms with Crippen LogP contribution in [0.3, 0.4) is 0 Å². The SMILES string of the molecule is CC1=CC(c2ccc(N3CCNCC3)cc2)=CNC1. The largest absolute Gasteiger partial charge is 0.387 e. The van der Waals surface area contributed by atoms with Crippen LogP contribution in [0.5, 0.6) is 0 Å². The summed E-state index contributed by atoms with van der Waals surface area (Å²) < 4.78 is 0. The lowest BCUT2D eigenvalue weighted by Crippen LogP contribution is -2.43. The van der Waals surface area contributed by atoms with Crippen molar-refractivity contribution in [1.29, 1.82) is 0 Å². The molecule has 2 aliphatic heterocycles. The molecule has 3 nitrogen and oxygen atoms in total. The zero-order valence-electron chi connectivity index (χ0n) is 11.4. The molecule has 1 aromatic rings. The van der Waals surface area contributed by atoms with Crippen molar-refractivity contribution < 1.29 is 0 Å². The van der Waals surface area contributed by atoms with Gasteiger partial charge >= 0.3 is 0 Å². The van der Waals surface area contributed by atoms with Gasteiger partial charge in [0.25, 0.3) is 0 Å². The maximum absolute atomic E-state index is 3.39. The molecule has 1 aromatic carbocycles. The van der Waals surface area contributed by atoms with Crippen LogP contribution < -0.4 is 15.5 Å². The quantitative estimate of drug-likeness (QED) is 0.846. The summed E-state index contributed by atoms with van der Waals surface area (Å²) in [5.74, 6) is 0. The lowest BCUT2D eigenvalue weighted by atomic mass is 10.0. The molecular formula is C16H21N3. The minimum atomic E-state index is 0.961.